The van der Waals surface area contributed by atoms with Gasteiger partial charge in [0.05, 0.1) is 0 Å². The zero-order valence-electron chi connectivity index (χ0n) is 7.47. The van der Waals surface area contributed by atoms with Crippen molar-refractivity contribution in [3.63, 3.8) is 0 Å². The summed E-state index contributed by atoms with van der Waals surface area (Å²) in [6.07, 6.45) is 0. The van der Waals surface area contributed by atoms with E-state index in [0.29, 0.717) is 0 Å². The van der Waals surface area contributed by atoms with Crippen LogP contribution < -0.4 is 5.32 Å². The summed E-state index contributed by atoms with van der Waals surface area (Å²) < 4.78 is 0. The Balaban J connectivity index is 0.000001000. The molecule has 0 spiro atoms. The lowest BCUT2D eigenvalue weighted by molar-refractivity contribution is 0.217. The number of nitrogens with zero attached hydrogens (tertiary/aromatic N) is 1. The fourth-order valence-electron chi connectivity index (χ4n) is 1.41. The van der Waals surface area contributed by atoms with E-state index < -0.39 is 0 Å². The van der Waals surface area contributed by atoms with Crippen molar-refractivity contribution >= 4 is 12.4 Å². The lowest BCUT2D eigenvalue weighted by atomic mass is 10.2. The van der Waals surface area contributed by atoms with Gasteiger partial charge in [-0.3, -0.25) is 0 Å². The maximum Gasteiger partial charge on any atom is 0.0107 e. The smallest absolute Gasteiger partial charge is 0.0107 e. The summed E-state index contributed by atoms with van der Waals surface area (Å²) in [5, 5.41) is 3.35. The van der Waals surface area contributed by atoms with Gasteiger partial charge in [-0.05, 0) is 5.92 Å². The van der Waals surface area contributed by atoms with Crippen molar-refractivity contribution in [1.82, 2.24) is 10.2 Å². The van der Waals surface area contributed by atoms with Crippen LogP contribution in [0.4, 0.5) is 0 Å². The van der Waals surface area contributed by atoms with Crippen molar-refractivity contribution in [2.45, 2.75) is 13.8 Å². The molecule has 1 fully saturated rings. The highest BCUT2D eigenvalue weighted by Crippen LogP contribution is 1.98. The molecule has 0 aromatic heterocycles. The van der Waals surface area contributed by atoms with E-state index in [2.05, 4.69) is 24.1 Å². The quantitative estimate of drug-likeness (QED) is 0.678. The molecule has 0 amide bonds. The van der Waals surface area contributed by atoms with E-state index in [1.807, 2.05) is 0 Å². The van der Waals surface area contributed by atoms with Gasteiger partial charge >= 0.3 is 0 Å². The van der Waals surface area contributed by atoms with Gasteiger partial charge in [-0.2, -0.15) is 0 Å². The first-order chi connectivity index (χ1) is 4.79. The SMILES string of the molecule is CC(C)CN1CCNCC1.Cl. The van der Waals surface area contributed by atoms with Crippen molar-refractivity contribution in [3.8, 4) is 0 Å². The number of hydrogen-bond acceptors (Lipinski definition) is 2. The molecule has 0 saturated carbocycles. The van der Waals surface area contributed by atoms with Gasteiger partial charge in [0.2, 0.25) is 0 Å². The summed E-state index contributed by atoms with van der Waals surface area (Å²) in [6.45, 7) is 10.6. The first-order valence-corrected chi connectivity index (χ1v) is 4.22. The second kappa shape index (κ2) is 5.81. The number of rotatable bonds is 2. The largest absolute Gasteiger partial charge is 0.314 e. The van der Waals surface area contributed by atoms with E-state index >= 15 is 0 Å². The van der Waals surface area contributed by atoms with Crippen molar-refractivity contribution in [2.24, 2.45) is 5.92 Å². The van der Waals surface area contributed by atoms with E-state index in [9.17, 15) is 0 Å². The van der Waals surface area contributed by atoms with Crippen molar-refractivity contribution in [1.29, 1.82) is 0 Å². The second-order valence-corrected chi connectivity index (χ2v) is 3.44. The normalized spacial score (nSPS) is 19.9. The molecule has 1 N–H and O–H groups in total. The van der Waals surface area contributed by atoms with Crippen LogP contribution in [0.1, 0.15) is 13.8 Å². The topological polar surface area (TPSA) is 15.3 Å². The molecule has 0 atom stereocenters. The third kappa shape index (κ3) is 4.62. The van der Waals surface area contributed by atoms with E-state index in [1.165, 1.54) is 32.7 Å². The van der Waals surface area contributed by atoms with Crippen molar-refractivity contribution in [2.75, 3.05) is 32.7 Å². The molecular formula is C8H19ClN2. The molecule has 2 nitrogen and oxygen atoms in total. The van der Waals surface area contributed by atoms with Crippen LogP contribution in [0.25, 0.3) is 0 Å². The molecule has 68 valence electrons. The minimum atomic E-state index is 0. The number of halogens is 1. The fraction of sp³-hybridized carbons (Fsp3) is 1.00. The van der Waals surface area contributed by atoms with Crippen LogP contribution in [0.15, 0.2) is 0 Å². The maximum atomic E-state index is 3.35. The summed E-state index contributed by atoms with van der Waals surface area (Å²) in [4.78, 5) is 2.53. The molecule has 0 bridgehead atoms. The summed E-state index contributed by atoms with van der Waals surface area (Å²) in [5.74, 6) is 0.818. The Labute approximate surface area is 75.8 Å². The number of nitrogens with one attached hydrogen (secondary N) is 1. The Bertz CT molecular complexity index is 90.1. The lowest BCUT2D eigenvalue weighted by Gasteiger charge is -2.28. The van der Waals surface area contributed by atoms with E-state index in [-0.39, 0.29) is 12.4 Å². The van der Waals surface area contributed by atoms with Gasteiger partial charge < -0.3 is 10.2 Å². The highest BCUT2D eigenvalue weighted by atomic mass is 35.5. The predicted molar refractivity (Wildman–Crippen MR) is 51.4 cm³/mol. The molecule has 3 heteroatoms. The van der Waals surface area contributed by atoms with Gasteiger partial charge in [0.25, 0.3) is 0 Å². The van der Waals surface area contributed by atoms with Crippen LogP contribution in [0.3, 0.4) is 0 Å². The fourth-order valence-corrected chi connectivity index (χ4v) is 1.41. The van der Waals surface area contributed by atoms with Gasteiger partial charge in [-0.15, -0.1) is 12.4 Å². The Kier molecular flexibility index (Phi) is 5.92. The van der Waals surface area contributed by atoms with Crippen LogP contribution in [-0.4, -0.2) is 37.6 Å². The van der Waals surface area contributed by atoms with Crippen LogP contribution in [0.5, 0.6) is 0 Å². The van der Waals surface area contributed by atoms with Crippen LogP contribution in [0, 0.1) is 5.92 Å². The third-order valence-corrected chi connectivity index (χ3v) is 1.83. The molecule has 0 unspecified atom stereocenters. The number of piperazine rings is 1. The molecule has 0 radical (unpaired) electrons. The second-order valence-electron chi connectivity index (χ2n) is 3.44. The Hall–Kier alpha value is 0.210. The molecule has 11 heavy (non-hydrogen) atoms. The molecule has 1 aliphatic heterocycles. The average Bonchev–Trinajstić information content (AvgIpc) is 1.88. The van der Waals surface area contributed by atoms with E-state index in [4.69, 9.17) is 0 Å². The predicted octanol–water partition coefficient (Wildman–Crippen LogP) is 0.969. The summed E-state index contributed by atoms with van der Waals surface area (Å²) in [7, 11) is 0. The zero-order chi connectivity index (χ0) is 7.40. The van der Waals surface area contributed by atoms with Crippen LogP contribution >= 0.6 is 12.4 Å². The van der Waals surface area contributed by atoms with Gasteiger partial charge in [0.1, 0.15) is 0 Å². The Morgan fingerprint density at radius 3 is 2.27 bits per heavy atom. The van der Waals surface area contributed by atoms with E-state index in [1.54, 1.807) is 0 Å². The lowest BCUT2D eigenvalue weighted by Crippen LogP contribution is -2.44. The minimum absolute atomic E-state index is 0. The molecule has 0 aromatic carbocycles. The third-order valence-electron chi connectivity index (χ3n) is 1.83. The minimum Gasteiger partial charge on any atom is -0.314 e. The highest BCUT2D eigenvalue weighted by Gasteiger charge is 2.09. The van der Waals surface area contributed by atoms with Crippen molar-refractivity contribution < 1.29 is 0 Å². The van der Waals surface area contributed by atoms with Crippen molar-refractivity contribution in [3.05, 3.63) is 0 Å². The monoisotopic (exact) mass is 178 g/mol. The molecular weight excluding hydrogens is 160 g/mol. The van der Waals surface area contributed by atoms with E-state index in [0.717, 1.165) is 5.92 Å². The molecule has 1 heterocycles. The molecule has 0 aromatic rings. The standard InChI is InChI=1S/C8H18N2.ClH/c1-8(2)7-10-5-3-9-4-6-10;/h8-9H,3-7H2,1-2H3;1H. The summed E-state index contributed by atoms with van der Waals surface area (Å²) in [6, 6.07) is 0. The van der Waals surface area contributed by atoms with Crippen LogP contribution in [-0.2, 0) is 0 Å². The van der Waals surface area contributed by atoms with Crippen LogP contribution in [0.2, 0.25) is 0 Å². The molecule has 1 rings (SSSR count). The zero-order valence-corrected chi connectivity index (χ0v) is 8.28. The first-order valence-electron chi connectivity index (χ1n) is 4.22. The molecule has 1 aliphatic rings. The average molecular weight is 179 g/mol. The van der Waals surface area contributed by atoms with Gasteiger partial charge in [0, 0.05) is 32.7 Å². The first kappa shape index (κ1) is 11.2. The van der Waals surface area contributed by atoms with Gasteiger partial charge in [-0.1, -0.05) is 13.8 Å². The number of hydrogen-bond donors (Lipinski definition) is 1. The highest BCUT2D eigenvalue weighted by molar-refractivity contribution is 5.85. The summed E-state index contributed by atoms with van der Waals surface area (Å²) in [5.41, 5.74) is 0. The van der Waals surface area contributed by atoms with Gasteiger partial charge in [-0.25, -0.2) is 0 Å². The Morgan fingerprint density at radius 2 is 1.82 bits per heavy atom. The molecule has 1 saturated heterocycles. The summed E-state index contributed by atoms with van der Waals surface area (Å²) >= 11 is 0. The van der Waals surface area contributed by atoms with Gasteiger partial charge in [0.15, 0.2) is 0 Å². The Morgan fingerprint density at radius 1 is 1.27 bits per heavy atom. The molecule has 0 aliphatic carbocycles. The maximum absolute atomic E-state index is 3.35.